The minimum absolute atomic E-state index is 0.640. The van der Waals surface area contributed by atoms with Gasteiger partial charge in [0.05, 0.1) is 17.5 Å². The van der Waals surface area contributed by atoms with Crippen LogP contribution in [0.1, 0.15) is 11.6 Å². The summed E-state index contributed by atoms with van der Waals surface area (Å²) in [6.45, 7) is 0. The van der Waals surface area contributed by atoms with Crippen LogP contribution in [0, 0.1) is 0 Å². The SMILES string of the molecule is Clc1ccc2oc(Cc3nc4ccccc4[nH]3)cc2c1. The van der Waals surface area contributed by atoms with E-state index in [2.05, 4.69) is 9.97 Å². The molecule has 0 saturated carbocycles. The molecule has 0 spiro atoms. The lowest BCUT2D eigenvalue weighted by molar-refractivity contribution is 0.559. The van der Waals surface area contributed by atoms with Crippen LogP contribution in [0.3, 0.4) is 0 Å². The molecule has 2 aromatic heterocycles. The van der Waals surface area contributed by atoms with Crippen molar-refractivity contribution in [3.8, 4) is 0 Å². The number of imidazole rings is 1. The van der Waals surface area contributed by atoms with E-state index in [1.54, 1.807) is 0 Å². The molecule has 4 aromatic rings. The molecule has 0 fully saturated rings. The number of halogens is 1. The number of benzene rings is 2. The molecule has 0 amide bonds. The Labute approximate surface area is 120 Å². The van der Waals surface area contributed by atoms with Crippen molar-refractivity contribution in [1.29, 1.82) is 0 Å². The van der Waals surface area contributed by atoms with Gasteiger partial charge in [-0.3, -0.25) is 0 Å². The van der Waals surface area contributed by atoms with Gasteiger partial charge in [0.25, 0.3) is 0 Å². The molecule has 3 nitrogen and oxygen atoms in total. The molecule has 4 rings (SSSR count). The number of fused-ring (bicyclic) bond motifs is 2. The number of nitrogens with one attached hydrogen (secondary N) is 1. The highest BCUT2D eigenvalue weighted by atomic mass is 35.5. The second kappa shape index (κ2) is 4.39. The summed E-state index contributed by atoms with van der Waals surface area (Å²) >= 11 is 5.98. The van der Waals surface area contributed by atoms with Crippen molar-refractivity contribution in [3.05, 3.63) is 65.1 Å². The van der Waals surface area contributed by atoms with Crippen LogP contribution in [0.4, 0.5) is 0 Å². The third-order valence-corrected chi connectivity index (χ3v) is 3.54. The summed E-state index contributed by atoms with van der Waals surface area (Å²) in [6.07, 6.45) is 0.640. The van der Waals surface area contributed by atoms with Crippen LogP contribution in [0.5, 0.6) is 0 Å². The number of para-hydroxylation sites is 2. The van der Waals surface area contributed by atoms with Gasteiger partial charge in [0.15, 0.2) is 0 Å². The van der Waals surface area contributed by atoms with Gasteiger partial charge in [0, 0.05) is 10.4 Å². The van der Waals surface area contributed by atoms with Gasteiger partial charge in [0.2, 0.25) is 0 Å². The maximum Gasteiger partial charge on any atom is 0.134 e. The first-order valence-corrected chi connectivity index (χ1v) is 6.77. The second-order valence-corrected chi connectivity index (χ2v) is 5.21. The maximum atomic E-state index is 5.98. The first-order chi connectivity index (χ1) is 9.78. The van der Waals surface area contributed by atoms with Crippen LogP contribution in [0.15, 0.2) is 52.9 Å². The zero-order valence-electron chi connectivity index (χ0n) is 10.6. The van der Waals surface area contributed by atoms with Crippen molar-refractivity contribution >= 4 is 33.6 Å². The van der Waals surface area contributed by atoms with Crippen molar-refractivity contribution in [2.75, 3.05) is 0 Å². The summed E-state index contributed by atoms with van der Waals surface area (Å²) < 4.78 is 5.80. The number of aromatic nitrogens is 2. The van der Waals surface area contributed by atoms with Crippen LogP contribution in [0.25, 0.3) is 22.0 Å². The lowest BCUT2D eigenvalue weighted by atomic mass is 10.2. The minimum atomic E-state index is 0.640. The Morgan fingerprint density at radius 3 is 2.90 bits per heavy atom. The fraction of sp³-hybridized carbons (Fsp3) is 0.0625. The molecule has 98 valence electrons. The molecule has 0 aliphatic rings. The largest absolute Gasteiger partial charge is 0.461 e. The third-order valence-electron chi connectivity index (χ3n) is 3.31. The van der Waals surface area contributed by atoms with E-state index < -0.39 is 0 Å². The Kier molecular flexibility index (Phi) is 2.54. The minimum Gasteiger partial charge on any atom is -0.461 e. The van der Waals surface area contributed by atoms with Crippen molar-refractivity contribution in [2.24, 2.45) is 0 Å². The zero-order chi connectivity index (χ0) is 13.5. The summed E-state index contributed by atoms with van der Waals surface area (Å²) in [5.41, 5.74) is 2.86. The van der Waals surface area contributed by atoms with E-state index in [9.17, 15) is 0 Å². The van der Waals surface area contributed by atoms with Gasteiger partial charge in [-0.1, -0.05) is 23.7 Å². The second-order valence-electron chi connectivity index (χ2n) is 4.77. The summed E-state index contributed by atoms with van der Waals surface area (Å²) in [5.74, 6) is 1.78. The molecule has 0 unspecified atom stereocenters. The molecule has 2 aromatic carbocycles. The van der Waals surface area contributed by atoms with E-state index in [0.29, 0.717) is 11.4 Å². The highest BCUT2D eigenvalue weighted by Crippen LogP contribution is 2.24. The number of furan rings is 1. The van der Waals surface area contributed by atoms with Crippen molar-refractivity contribution in [1.82, 2.24) is 9.97 Å². The predicted octanol–water partition coefficient (Wildman–Crippen LogP) is 4.55. The van der Waals surface area contributed by atoms with Crippen LogP contribution >= 0.6 is 11.6 Å². The molecule has 0 aliphatic heterocycles. The average molecular weight is 283 g/mol. The quantitative estimate of drug-likeness (QED) is 0.586. The van der Waals surface area contributed by atoms with Crippen molar-refractivity contribution < 1.29 is 4.42 Å². The molecule has 20 heavy (non-hydrogen) atoms. The van der Waals surface area contributed by atoms with Gasteiger partial charge in [-0.05, 0) is 36.4 Å². The number of H-pyrrole nitrogens is 1. The lowest BCUT2D eigenvalue weighted by Crippen LogP contribution is -1.87. The highest BCUT2D eigenvalue weighted by Gasteiger charge is 2.08. The van der Waals surface area contributed by atoms with Gasteiger partial charge in [-0.15, -0.1) is 0 Å². The number of nitrogens with zero attached hydrogens (tertiary/aromatic N) is 1. The third kappa shape index (κ3) is 1.96. The molecule has 2 heterocycles. The number of hydrogen-bond donors (Lipinski definition) is 1. The van der Waals surface area contributed by atoms with Gasteiger partial charge < -0.3 is 9.40 Å². The first-order valence-electron chi connectivity index (χ1n) is 6.39. The number of rotatable bonds is 2. The van der Waals surface area contributed by atoms with E-state index in [4.69, 9.17) is 16.0 Å². The first kappa shape index (κ1) is 11.6. The Morgan fingerprint density at radius 2 is 2.00 bits per heavy atom. The fourth-order valence-electron chi connectivity index (χ4n) is 2.41. The Morgan fingerprint density at radius 1 is 1.10 bits per heavy atom. The van der Waals surface area contributed by atoms with E-state index in [1.807, 2.05) is 48.5 Å². The smallest absolute Gasteiger partial charge is 0.134 e. The topological polar surface area (TPSA) is 41.8 Å². The normalized spacial score (nSPS) is 11.4. The van der Waals surface area contributed by atoms with E-state index in [-0.39, 0.29) is 0 Å². The average Bonchev–Trinajstić information content (AvgIpc) is 3.00. The molecule has 0 aliphatic carbocycles. The van der Waals surface area contributed by atoms with Crippen molar-refractivity contribution in [2.45, 2.75) is 6.42 Å². The summed E-state index contributed by atoms with van der Waals surface area (Å²) in [6, 6.07) is 15.6. The predicted molar refractivity (Wildman–Crippen MR) is 80.1 cm³/mol. The standard InChI is InChI=1S/C16H11ClN2O/c17-11-5-6-15-10(7-11)8-12(20-15)9-16-18-13-3-1-2-4-14(13)19-16/h1-8H,9H2,(H,18,19). The van der Waals surface area contributed by atoms with E-state index in [1.165, 1.54) is 0 Å². The Bertz CT molecular complexity index is 874. The van der Waals surface area contributed by atoms with Gasteiger partial charge in [-0.2, -0.15) is 0 Å². The zero-order valence-corrected chi connectivity index (χ0v) is 11.3. The number of hydrogen-bond acceptors (Lipinski definition) is 2. The highest BCUT2D eigenvalue weighted by molar-refractivity contribution is 6.31. The summed E-state index contributed by atoms with van der Waals surface area (Å²) in [5, 5.41) is 1.73. The Hall–Kier alpha value is -2.26. The summed E-state index contributed by atoms with van der Waals surface area (Å²) in [7, 11) is 0. The van der Waals surface area contributed by atoms with Crippen molar-refractivity contribution in [3.63, 3.8) is 0 Å². The van der Waals surface area contributed by atoms with Crippen LogP contribution in [0.2, 0.25) is 5.02 Å². The molecule has 4 heteroatoms. The molecular weight excluding hydrogens is 272 g/mol. The van der Waals surface area contributed by atoms with Gasteiger partial charge in [-0.25, -0.2) is 4.98 Å². The van der Waals surface area contributed by atoms with Gasteiger partial charge in [0.1, 0.15) is 17.2 Å². The lowest BCUT2D eigenvalue weighted by Gasteiger charge is -1.91. The van der Waals surface area contributed by atoms with E-state index in [0.717, 1.165) is 33.6 Å². The molecule has 1 N–H and O–H groups in total. The van der Waals surface area contributed by atoms with Gasteiger partial charge >= 0.3 is 0 Å². The number of aromatic amines is 1. The van der Waals surface area contributed by atoms with Crippen LogP contribution < -0.4 is 0 Å². The molecular formula is C16H11ClN2O. The van der Waals surface area contributed by atoms with E-state index >= 15 is 0 Å². The molecule has 0 atom stereocenters. The maximum absolute atomic E-state index is 5.98. The van der Waals surface area contributed by atoms with Crippen LogP contribution in [-0.4, -0.2) is 9.97 Å². The molecule has 0 radical (unpaired) electrons. The fourth-order valence-corrected chi connectivity index (χ4v) is 2.59. The molecule has 0 bridgehead atoms. The molecule has 0 saturated heterocycles. The monoisotopic (exact) mass is 282 g/mol. The summed E-state index contributed by atoms with van der Waals surface area (Å²) in [4.78, 5) is 7.86. The Balaban J connectivity index is 1.72. The van der Waals surface area contributed by atoms with Crippen LogP contribution in [-0.2, 0) is 6.42 Å².